The number of rotatable bonds is 5. The van der Waals surface area contributed by atoms with Gasteiger partial charge >= 0.3 is 0 Å². The van der Waals surface area contributed by atoms with Crippen molar-refractivity contribution in [3.63, 3.8) is 0 Å². The molecule has 0 aliphatic heterocycles. The molecular formula is C20H21NO. The largest absolute Gasteiger partial charge is 0.358 e. The van der Waals surface area contributed by atoms with Crippen molar-refractivity contribution in [3.8, 4) is 0 Å². The van der Waals surface area contributed by atoms with Crippen molar-refractivity contribution in [1.29, 1.82) is 0 Å². The number of aromatic nitrogens is 1. The summed E-state index contributed by atoms with van der Waals surface area (Å²) >= 11 is 0. The van der Waals surface area contributed by atoms with Crippen LogP contribution in [0.3, 0.4) is 0 Å². The van der Waals surface area contributed by atoms with Crippen LogP contribution in [0, 0.1) is 6.92 Å². The Hall–Kier alpha value is -2.35. The van der Waals surface area contributed by atoms with E-state index >= 15 is 0 Å². The lowest BCUT2D eigenvalue weighted by molar-refractivity contribution is 0.101. The van der Waals surface area contributed by atoms with Gasteiger partial charge < -0.3 is 4.98 Å². The van der Waals surface area contributed by atoms with Crippen molar-refractivity contribution in [2.24, 2.45) is 0 Å². The van der Waals surface area contributed by atoms with Crippen LogP contribution < -0.4 is 0 Å². The third kappa shape index (κ3) is 2.96. The zero-order valence-corrected chi connectivity index (χ0v) is 13.1. The van der Waals surface area contributed by atoms with Crippen LogP contribution in [-0.2, 0) is 12.8 Å². The first-order valence-corrected chi connectivity index (χ1v) is 7.81. The molecule has 0 aliphatic carbocycles. The maximum absolute atomic E-state index is 11.3. The summed E-state index contributed by atoms with van der Waals surface area (Å²) in [6, 6.07) is 16.5. The standard InChI is InChI=1S/C20H21NO/c1-14-18(19-7-3-4-9-20(19)21-14)8-5-6-16-10-12-17(13-11-16)15(2)22/h3-4,7,9-13,21H,5-6,8H2,1-2H3. The zero-order valence-electron chi connectivity index (χ0n) is 13.1. The van der Waals surface area contributed by atoms with Gasteiger partial charge in [-0.1, -0.05) is 42.5 Å². The highest BCUT2D eigenvalue weighted by atomic mass is 16.1. The second-order valence-electron chi connectivity index (χ2n) is 5.88. The zero-order chi connectivity index (χ0) is 15.5. The van der Waals surface area contributed by atoms with Crippen LogP contribution in [0.5, 0.6) is 0 Å². The summed E-state index contributed by atoms with van der Waals surface area (Å²) in [6.45, 7) is 3.76. The minimum absolute atomic E-state index is 0.126. The number of nitrogens with one attached hydrogen (secondary N) is 1. The summed E-state index contributed by atoms with van der Waals surface area (Å²) in [5, 5.41) is 1.34. The average Bonchev–Trinajstić information content (AvgIpc) is 2.84. The molecule has 0 atom stereocenters. The lowest BCUT2D eigenvalue weighted by Crippen LogP contribution is -1.94. The number of benzene rings is 2. The SMILES string of the molecule is CC(=O)c1ccc(CCCc2c(C)[nH]c3ccccc23)cc1. The van der Waals surface area contributed by atoms with Crippen molar-refractivity contribution in [2.45, 2.75) is 33.1 Å². The number of aromatic amines is 1. The van der Waals surface area contributed by atoms with Crippen molar-refractivity contribution in [1.82, 2.24) is 4.98 Å². The fourth-order valence-electron chi connectivity index (χ4n) is 3.03. The predicted molar refractivity (Wildman–Crippen MR) is 91.5 cm³/mol. The van der Waals surface area contributed by atoms with Crippen molar-refractivity contribution in [3.05, 3.63) is 70.9 Å². The van der Waals surface area contributed by atoms with Crippen LogP contribution in [0.25, 0.3) is 10.9 Å². The van der Waals surface area contributed by atoms with Crippen LogP contribution in [0.2, 0.25) is 0 Å². The molecule has 0 spiro atoms. The molecule has 1 heterocycles. The highest BCUT2D eigenvalue weighted by Crippen LogP contribution is 2.23. The van der Waals surface area contributed by atoms with Gasteiger partial charge in [-0.2, -0.15) is 0 Å². The molecule has 0 amide bonds. The molecule has 1 N–H and O–H groups in total. The number of carbonyl (C=O) groups is 1. The third-order valence-electron chi connectivity index (χ3n) is 4.28. The first-order chi connectivity index (χ1) is 10.6. The molecule has 0 saturated heterocycles. The summed E-state index contributed by atoms with van der Waals surface area (Å²) in [7, 11) is 0. The molecule has 0 unspecified atom stereocenters. The Morgan fingerprint density at radius 3 is 2.45 bits per heavy atom. The summed E-state index contributed by atoms with van der Waals surface area (Å²) in [5.74, 6) is 0.126. The van der Waals surface area contributed by atoms with E-state index in [9.17, 15) is 4.79 Å². The molecule has 3 aromatic rings. The summed E-state index contributed by atoms with van der Waals surface area (Å²) in [5.41, 5.74) is 6.00. The van der Waals surface area contributed by atoms with Crippen molar-refractivity contribution >= 4 is 16.7 Å². The van der Waals surface area contributed by atoms with Gasteiger partial charge in [-0.05, 0) is 50.3 Å². The molecule has 112 valence electrons. The Morgan fingerprint density at radius 1 is 1.00 bits per heavy atom. The van der Waals surface area contributed by atoms with E-state index in [1.807, 2.05) is 12.1 Å². The molecule has 3 rings (SSSR count). The average molecular weight is 291 g/mol. The Balaban J connectivity index is 1.67. The molecular weight excluding hydrogens is 270 g/mol. The number of Topliss-reactive ketones (excluding diaryl/α,β-unsaturated/α-hetero) is 1. The van der Waals surface area contributed by atoms with Crippen LogP contribution >= 0.6 is 0 Å². The Kier molecular flexibility index (Phi) is 4.10. The number of hydrogen-bond acceptors (Lipinski definition) is 1. The van der Waals surface area contributed by atoms with E-state index in [0.29, 0.717) is 0 Å². The number of aryl methyl sites for hydroxylation is 3. The highest BCUT2D eigenvalue weighted by Gasteiger charge is 2.07. The van der Waals surface area contributed by atoms with Crippen LogP contribution in [-0.4, -0.2) is 10.8 Å². The van der Waals surface area contributed by atoms with Gasteiger partial charge in [0.05, 0.1) is 0 Å². The van der Waals surface area contributed by atoms with E-state index < -0.39 is 0 Å². The van der Waals surface area contributed by atoms with Crippen LogP contribution in [0.1, 0.15) is 40.5 Å². The van der Waals surface area contributed by atoms with Crippen molar-refractivity contribution in [2.75, 3.05) is 0 Å². The molecule has 2 nitrogen and oxygen atoms in total. The number of ketones is 1. The molecule has 2 heteroatoms. The van der Waals surface area contributed by atoms with Crippen LogP contribution in [0.4, 0.5) is 0 Å². The lowest BCUT2D eigenvalue weighted by Gasteiger charge is -2.04. The van der Waals surface area contributed by atoms with Gasteiger partial charge in [0.1, 0.15) is 0 Å². The maximum Gasteiger partial charge on any atom is 0.159 e. The number of fused-ring (bicyclic) bond motifs is 1. The molecule has 0 bridgehead atoms. The Morgan fingerprint density at radius 2 is 1.73 bits per heavy atom. The summed E-state index contributed by atoms with van der Waals surface area (Å²) < 4.78 is 0. The Labute approximate surface area is 131 Å². The van der Waals surface area contributed by atoms with Gasteiger partial charge in [0.15, 0.2) is 5.78 Å². The smallest absolute Gasteiger partial charge is 0.159 e. The Bertz CT molecular complexity index is 796. The number of para-hydroxylation sites is 1. The second kappa shape index (κ2) is 6.18. The molecule has 2 aromatic carbocycles. The van der Waals surface area contributed by atoms with E-state index in [1.54, 1.807) is 6.92 Å². The predicted octanol–water partition coefficient (Wildman–Crippen LogP) is 4.85. The van der Waals surface area contributed by atoms with E-state index in [-0.39, 0.29) is 5.78 Å². The van der Waals surface area contributed by atoms with Gasteiger partial charge in [-0.25, -0.2) is 0 Å². The van der Waals surface area contributed by atoms with Crippen LogP contribution in [0.15, 0.2) is 48.5 Å². The van der Waals surface area contributed by atoms with Crippen molar-refractivity contribution < 1.29 is 4.79 Å². The number of carbonyl (C=O) groups excluding carboxylic acids is 1. The van der Waals surface area contributed by atoms with Gasteiger partial charge in [0.2, 0.25) is 0 Å². The molecule has 22 heavy (non-hydrogen) atoms. The quantitative estimate of drug-likeness (QED) is 0.669. The fourth-order valence-corrected chi connectivity index (χ4v) is 3.03. The number of hydrogen-bond donors (Lipinski definition) is 1. The molecule has 0 radical (unpaired) electrons. The fraction of sp³-hybridized carbons (Fsp3) is 0.250. The normalized spacial score (nSPS) is 11.0. The topological polar surface area (TPSA) is 32.9 Å². The first-order valence-electron chi connectivity index (χ1n) is 7.81. The minimum atomic E-state index is 0.126. The first kappa shape index (κ1) is 14.6. The summed E-state index contributed by atoms with van der Waals surface area (Å²) in [6.07, 6.45) is 3.23. The summed E-state index contributed by atoms with van der Waals surface area (Å²) in [4.78, 5) is 14.7. The van der Waals surface area contributed by atoms with Gasteiger partial charge in [-0.15, -0.1) is 0 Å². The highest BCUT2D eigenvalue weighted by molar-refractivity contribution is 5.94. The van der Waals surface area contributed by atoms with E-state index in [4.69, 9.17) is 0 Å². The minimum Gasteiger partial charge on any atom is -0.358 e. The molecule has 0 fully saturated rings. The monoisotopic (exact) mass is 291 g/mol. The van der Waals surface area contributed by atoms with E-state index in [2.05, 4.69) is 48.3 Å². The van der Waals surface area contributed by atoms with Gasteiger partial charge in [0, 0.05) is 22.2 Å². The number of H-pyrrole nitrogens is 1. The molecule has 0 saturated carbocycles. The van der Waals surface area contributed by atoms with Gasteiger partial charge in [-0.3, -0.25) is 4.79 Å². The van der Waals surface area contributed by atoms with Gasteiger partial charge in [0.25, 0.3) is 0 Å². The molecule has 0 aliphatic rings. The molecule has 1 aromatic heterocycles. The lowest BCUT2D eigenvalue weighted by atomic mass is 10.0. The third-order valence-corrected chi connectivity index (χ3v) is 4.28. The van der Waals surface area contributed by atoms with E-state index in [0.717, 1.165) is 24.8 Å². The maximum atomic E-state index is 11.3. The van der Waals surface area contributed by atoms with E-state index in [1.165, 1.54) is 27.7 Å². The second-order valence-corrected chi connectivity index (χ2v) is 5.88.